The van der Waals surface area contributed by atoms with Gasteiger partial charge in [-0.25, -0.2) is 9.97 Å². The van der Waals surface area contributed by atoms with Crippen molar-refractivity contribution >= 4 is 11.6 Å². The fourth-order valence-electron chi connectivity index (χ4n) is 1.43. The van der Waals surface area contributed by atoms with E-state index in [0.717, 1.165) is 6.61 Å². The number of aromatic nitrogens is 2. The van der Waals surface area contributed by atoms with Crippen LogP contribution in [0.1, 0.15) is 13.8 Å². The molecular weight excluding hydrogens is 232 g/mol. The second-order valence-electron chi connectivity index (χ2n) is 4.25. The van der Waals surface area contributed by atoms with E-state index < -0.39 is 0 Å². The van der Waals surface area contributed by atoms with Crippen LogP contribution in [0.15, 0.2) is 6.33 Å². The number of hydrogen-bond acceptors (Lipinski definition) is 6. The molecule has 0 saturated carbocycles. The van der Waals surface area contributed by atoms with Gasteiger partial charge in [-0.15, -0.1) is 0 Å². The smallest absolute Gasteiger partial charge is 0.204 e. The van der Waals surface area contributed by atoms with E-state index in [1.807, 2.05) is 0 Å². The van der Waals surface area contributed by atoms with Crippen LogP contribution in [0.2, 0.25) is 0 Å². The van der Waals surface area contributed by atoms with Crippen molar-refractivity contribution in [3.8, 4) is 5.75 Å². The van der Waals surface area contributed by atoms with E-state index in [4.69, 9.17) is 9.47 Å². The predicted molar refractivity (Wildman–Crippen MR) is 72.3 cm³/mol. The van der Waals surface area contributed by atoms with E-state index in [1.54, 1.807) is 14.2 Å². The van der Waals surface area contributed by atoms with Gasteiger partial charge in [0.2, 0.25) is 5.75 Å². The Hall–Kier alpha value is -1.56. The van der Waals surface area contributed by atoms with Crippen LogP contribution in [0.3, 0.4) is 0 Å². The zero-order valence-electron chi connectivity index (χ0n) is 11.5. The van der Waals surface area contributed by atoms with E-state index in [0.29, 0.717) is 36.5 Å². The highest BCUT2D eigenvalue weighted by Gasteiger charge is 2.09. The molecular formula is C12H22N4O2. The van der Waals surface area contributed by atoms with Gasteiger partial charge in [0.1, 0.15) is 6.33 Å². The van der Waals surface area contributed by atoms with Crippen molar-refractivity contribution in [1.29, 1.82) is 0 Å². The molecule has 0 aliphatic heterocycles. The van der Waals surface area contributed by atoms with Gasteiger partial charge in [0.25, 0.3) is 0 Å². The molecule has 0 bridgehead atoms. The lowest BCUT2D eigenvalue weighted by Crippen LogP contribution is -2.14. The van der Waals surface area contributed by atoms with Gasteiger partial charge in [-0.1, -0.05) is 13.8 Å². The maximum absolute atomic E-state index is 5.48. The van der Waals surface area contributed by atoms with E-state index in [-0.39, 0.29) is 0 Å². The van der Waals surface area contributed by atoms with Gasteiger partial charge < -0.3 is 20.1 Å². The largest absolute Gasteiger partial charge is 0.490 e. The molecule has 0 amide bonds. The Morgan fingerprint density at radius 2 is 2.00 bits per heavy atom. The molecule has 0 fully saturated rings. The van der Waals surface area contributed by atoms with Crippen molar-refractivity contribution in [2.24, 2.45) is 5.92 Å². The maximum atomic E-state index is 5.48. The number of rotatable bonds is 8. The summed E-state index contributed by atoms with van der Waals surface area (Å²) in [6.45, 7) is 6.34. The first-order valence-electron chi connectivity index (χ1n) is 6.07. The minimum atomic E-state index is 0.550. The standard InChI is InChI=1S/C12H22N4O2/c1-9(2)7-18-6-5-14-12-10(17-4)11(13-3)15-8-16-12/h8-9H,5-7H2,1-4H3,(H2,13,14,15,16). The second-order valence-corrected chi connectivity index (χ2v) is 4.25. The molecule has 102 valence electrons. The molecule has 0 saturated heterocycles. The summed E-state index contributed by atoms with van der Waals surface area (Å²) in [6.07, 6.45) is 1.49. The third-order valence-electron chi connectivity index (χ3n) is 2.23. The minimum Gasteiger partial charge on any atom is -0.490 e. The van der Waals surface area contributed by atoms with E-state index in [2.05, 4.69) is 34.4 Å². The third-order valence-corrected chi connectivity index (χ3v) is 2.23. The molecule has 1 aromatic heterocycles. The SMILES string of the molecule is CNc1ncnc(NCCOCC(C)C)c1OC. The topological polar surface area (TPSA) is 68.3 Å². The first-order valence-corrected chi connectivity index (χ1v) is 6.07. The van der Waals surface area contributed by atoms with Gasteiger partial charge in [-0.05, 0) is 5.92 Å². The lowest BCUT2D eigenvalue weighted by atomic mass is 10.2. The molecule has 0 aliphatic carbocycles. The molecule has 1 heterocycles. The molecule has 6 heteroatoms. The first-order chi connectivity index (χ1) is 8.69. The lowest BCUT2D eigenvalue weighted by Gasteiger charge is -2.13. The fourth-order valence-corrected chi connectivity index (χ4v) is 1.43. The van der Waals surface area contributed by atoms with Gasteiger partial charge >= 0.3 is 0 Å². The van der Waals surface area contributed by atoms with Crippen LogP contribution in [0.5, 0.6) is 5.75 Å². The summed E-state index contributed by atoms with van der Waals surface area (Å²) in [5, 5.41) is 6.13. The quantitative estimate of drug-likeness (QED) is 0.687. The third kappa shape index (κ3) is 4.37. The van der Waals surface area contributed by atoms with Crippen LogP contribution in [0, 0.1) is 5.92 Å². The first kappa shape index (κ1) is 14.5. The Morgan fingerprint density at radius 1 is 1.28 bits per heavy atom. The molecule has 0 unspecified atom stereocenters. The van der Waals surface area contributed by atoms with Gasteiger partial charge in [0.15, 0.2) is 11.6 Å². The number of methoxy groups -OCH3 is 1. The molecule has 0 atom stereocenters. The van der Waals surface area contributed by atoms with Gasteiger partial charge in [0.05, 0.1) is 13.7 Å². The van der Waals surface area contributed by atoms with Crippen molar-refractivity contribution in [2.75, 3.05) is 44.5 Å². The highest BCUT2D eigenvalue weighted by Crippen LogP contribution is 2.27. The summed E-state index contributed by atoms with van der Waals surface area (Å²) >= 11 is 0. The Labute approximate surface area is 108 Å². The average Bonchev–Trinajstić information content (AvgIpc) is 2.37. The summed E-state index contributed by atoms with van der Waals surface area (Å²) in [6, 6.07) is 0. The molecule has 1 aromatic rings. The highest BCUT2D eigenvalue weighted by atomic mass is 16.5. The number of hydrogen-bond donors (Lipinski definition) is 2. The van der Waals surface area contributed by atoms with Crippen molar-refractivity contribution in [2.45, 2.75) is 13.8 Å². The molecule has 18 heavy (non-hydrogen) atoms. The van der Waals surface area contributed by atoms with E-state index >= 15 is 0 Å². The molecule has 0 spiro atoms. The second kappa shape index (κ2) is 7.71. The van der Waals surface area contributed by atoms with Gasteiger partial charge in [-0.3, -0.25) is 0 Å². The van der Waals surface area contributed by atoms with Crippen LogP contribution < -0.4 is 15.4 Å². The van der Waals surface area contributed by atoms with Crippen LogP contribution in [-0.2, 0) is 4.74 Å². The number of ether oxygens (including phenoxy) is 2. The lowest BCUT2D eigenvalue weighted by molar-refractivity contribution is 0.118. The number of anilines is 2. The summed E-state index contributed by atoms with van der Waals surface area (Å²) in [5.74, 6) is 2.50. The monoisotopic (exact) mass is 254 g/mol. The zero-order valence-corrected chi connectivity index (χ0v) is 11.5. The number of nitrogens with one attached hydrogen (secondary N) is 2. The average molecular weight is 254 g/mol. The Kier molecular flexibility index (Phi) is 6.21. The molecule has 0 aliphatic rings. The van der Waals surface area contributed by atoms with Crippen LogP contribution in [-0.4, -0.2) is 43.9 Å². The van der Waals surface area contributed by atoms with Gasteiger partial charge in [0, 0.05) is 20.2 Å². The van der Waals surface area contributed by atoms with Crippen LogP contribution >= 0.6 is 0 Å². The minimum absolute atomic E-state index is 0.550. The Balaban J connectivity index is 2.46. The van der Waals surface area contributed by atoms with Gasteiger partial charge in [-0.2, -0.15) is 0 Å². The molecule has 6 nitrogen and oxygen atoms in total. The van der Waals surface area contributed by atoms with E-state index in [9.17, 15) is 0 Å². The predicted octanol–water partition coefficient (Wildman–Crippen LogP) is 1.61. The Bertz CT molecular complexity index is 358. The molecule has 0 aromatic carbocycles. The van der Waals surface area contributed by atoms with E-state index in [1.165, 1.54) is 6.33 Å². The van der Waals surface area contributed by atoms with Crippen molar-refractivity contribution < 1.29 is 9.47 Å². The summed E-state index contributed by atoms with van der Waals surface area (Å²) < 4.78 is 10.8. The zero-order chi connectivity index (χ0) is 13.4. The summed E-state index contributed by atoms with van der Waals surface area (Å²) in [7, 11) is 3.39. The summed E-state index contributed by atoms with van der Waals surface area (Å²) in [5.41, 5.74) is 0. The van der Waals surface area contributed by atoms with Crippen molar-refractivity contribution in [3.05, 3.63) is 6.33 Å². The highest BCUT2D eigenvalue weighted by molar-refractivity contribution is 5.63. The maximum Gasteiger partial charge on any atom is 0.204 e. The fraction of sp³-hybridized carbons (Fsp3) is 0.667. The Morgan fingerprint density at radius 3 is 2.61 bits per heavy atom. The van der Waals surface area contributed by atoms with Crippen molar-refractivity contribution in [1.82, 2.24) is 9.97 Å². The van der Waals surface area contributed by atoms with Crippen molar-refractivity contribution in [3.63, 3.8) is 0 Å². The van der Waals surface area contributed by atoms with Crippen LogP contribution in [0.4, 0.5) is 11.6 Å². The number of nitrogens with zero attached hydrogens (tertiary/aromatic N) is 2. The molecule has 0 radical (unpaired) electrons. The molecule has 1 rings (SSSR count). The summed E-state index contributed by atoms with van der Waals surface area (Å²) in [4.78, 5) is 8.23. The molecule has 2 N–H and O–H groups in total. The normalized spacial score (nSPS) is 10.5. The van der Waals surface area contributed by atoms with Crippen LogP contribution in [0.25, 0.3) is 0 Å².